The number of carbonyl (C=O) groups excluding carboxylic acids is 5. The minimum atomic E-state index is -3.34. The van der Waals surface area contributed by atoms with Crippen LogP contribution in [0.5, 0.6) is 0 Å². The molecule has 3 N–H and O–H groups in total. The zero-order chi connectivity index (χ0) is 28.1. The Kier molecular flexibility index (Phi) is 10.3. The van der Waals surface area contributed by atoms with Crippen LogP contribution in [0.1, 0.15) is 53.4 Å². The number of alkyl carbamates (subject to hydrolysis) is 1. The van der Waals surface area contributed by atoms with E-state index >= 15 is 0 Å². The second-order valence-electron chi connectivity index (χ2n) is 9.91. The minimum Gasteiger partial charge on any atom is -0.453 e. The van der Waals surface area contributed by atoms with Crippen LogP contribution in [0.15, 0.2) is 0 Å². The summed E-state index contributed by atoms with van der Waals surface area (Å²) in [6, 6.07) is -4.80. The molecule has 0 aromatic rings. The number of amides is 4. The van der Waals surface area contributed by atoms with Gasteiger partial charge < -0.3 is 25.6 Å². The van der Waals surface area contributed by atoms with E-state index in [0.717, 1.165) is 19.1 Å². The Hall–Kier alpha value is -2.93. The highest BCUT2D eigenvalue weighted by atomic mass is 19.3. The predicted molar refractivity (Wildman–Crippen MR) is 119 cm³/mol. The number of hydrogen-bond acceptors (Lipinski definition) is 6. The number of carbonyl (C=O) groups is 5. The van der Waals surface area contributed by atoms with Crippen LogP contribution >= 0.6 is 0 Å². The molecule has 0 saturated carbocycles. The van der Waals surface area contributed by atoms with Crippen LogP contribution in [0.2, 0.25) is 0 Å². The predicted octanol–water partition coefficient (Wildman–Crippen LogP) is 1.62. The van der Waals surface area contributed by atoms with Crippen LogP contribution < -0.4 is 16.0 Å². The van der Waals surface area contributed by atoms with Gasteiger partial charge in [-0.15, -0.1) is 0 Å². The van der Waals surface area contributed by atoms with Crippen molar-refractivity contribution in [3.05, 3.63) is 0 Å². The lowest BCUT2D eigenvalue weighted by Crippen LogP contribution is -2.63. The molecule has 1 aliphatic rings. The summed E-state index contributed by atoms with van der Waals surface area (Å²) in [5, 5.41) is 6.47. The number of likely N-dealkylation sites (tertiary alicyclic amines) is 1. The van der Waals surface area contributed by atoms with Crippen molar-refractivity contribution in [2.75, 3.05) is 20.7 Å². The van der Waals surface area contributed by atoms with Gasteiger partial charge in [0.15, 0.2) is 0 Å². The minimum absolute atomic E-state index is 0.555. The molecule has 0 radical (unpaired) electrons. The fraction of sp³-hybridized carbons (Fsp3) is 0.773. The number of ether oxygens (including phenoxy) is 1. The van der Waals surface area contributed by atoms with Crippen LogP contribution in [0.3, 0.4) is 0 Å². The summed E-state index contributed by atoms with van der Waals surface area (Å²) in [5.41, 5.74) is -0.920. The molecule has 10 nitrogen and oxygen atoms in total. The summed E-state index contributed by atoms with van der Waals surface area (Å²) in [7, 11) is 2.19. The molecule has 1 aliphatic heterocycles. The quantitative estimate of drug-likeness (QED) is 0.309. The van der Waals surface area contributed by atoms with Gasteiger partial charge in [0.2, 0.25) is 23.5 Å². The summed E-state index contributed by atoms with van der Waals surface area (Å²) >= 11 is 0. The Balaban J connectivity index is 3.30. The standard InChI is InChI=1S/C22H34F4N4O6/c1-20(2,3)15(29-19(35)36-6)18(34)30-10-9-22(25,26)11-13(30)16(32)28-12(7-8-21(4,23)24)14(31)17(33)27-5/h12-13,15H,7-11H2,1-6H3,(H,27,33)(H,28,32)(H,29,35)/t12-,13-,15+/m0/s1. The van der Waals surface area contributed by atoms with E-state index in [1.807, 2.05) is 5.32 Å². The number of Topliss-reactive ketones (excluding diaryl/α,β-unsaturated/α-hetero) is 1. The van der Waals surface area contributed by atoms with E-state index in [9.17, 15) is 41.5 Å². The Morgan fingerprint density at radius 3 is 2.14 bits per heavy atom. The fourth-order valence-corrected chi connectivity index (χ4v) is 3.64. The van der Waals surface area contributed by atoms with Gasteiger partial charge in [-0.2, -0.15) is 0 Å². The molecular formula is C22H34F4N4O6. The number of methoxy groups -OCH3 is 1. The smallest absolute Gasteiger partial charge is 0.407 e. The summed E-state index contributed by atoms with van der Waals surface area (Å²) in [5.74, 6) is -11.0. The van der Waals surface area contributed by atoms with Crippen molar-refractivity contribution in [2.24, 2.45) is 5.41 Å². The average Bonchev–Trinajstić information content (AvgIpc) is 2.76. The molecule has 3 atom stereocenters. The number of halogens is 4. The van der Waals surface area contributed by atoms with Gasteiger partial charge in [-0.1, -0.05) is 20.8 Å². The molecule has 36 heavy (non-hydrogen) atoms. The molecule has 0 bridgehead atoms. The van der Waals surface area contributed by atoms with Crippen molar-refractivity contribution in [2.45, 2.75) is 83.3 Å². The van der Waals surface area contributed by atoms with Crippen molar-refractivity contribution >= 4 is 29.6 Å². The van der Waals surface area contributed by atoms with Crippen LogP contribution in [0, 0.1) is 5.41 Å². The SMILES string of the molecule is CNC(=O)C(=O)[C@H](CCC(C)(F)F)NC(=O)[C@@H]1CC(F)(F)CCN1C(=O)[C@@H](NC(=O)OC)C(C)(C)C. The summed E-state index contributed by atoms with van der Waals surface area (Å²) in [6.45, 7) is 4.83. The number of piperidine rings is 1. The number of alkyl halides is 4. The van der Waals surface area contributed by atoms with E-state index in [2.05, 4.69) is 15.4 Å². The average molecular weight is 527 g/mol. The summed E-state index contributed by atoms with van der Waals surface area (Å²) in [4.78, 5) is 63.3. The molecule has 0 aliphatic carbocycles. The molecular weight excluding hydrogens is 492 g/mol. The van der Waals surface area contributed by atoms with Gasteiger partial charge in [0.25, 0.3) is 11.8 Å². The van der Waals surface area contributed by atoms with Gasteiger partial charge >= 0.3 is 6.09 Å². The van der Waals surface area contributed by atoms with Gasteiger partial charge in [-0.05, 0) is 18.8 Å². The molecule has 4 amide bonds. The highest BCUT2D eigenvalue weighted by molar-refractivity contribution is 6.38. The molecule has 206 valence electrons. The maximum atomic E-state index is 14.3. The first-order valence-electron chi connectivity index (χ1n) is 11.3. The fourth-order valence-electron chi connectivity index (χ4n) is 3.64. The van der Waals surface area contributed by atoms with E-state index in [4.69, 9.17) is 0 Å². The lowest BCUT2D eigenvalue weighted by Gasteiger charge is -2.42. The van der Waals surface area contributed by atoms with Crippen molar-refractivity contribution in [1.82, 2.24) is 20.9 Å². The maximum absolute atomic E-state index is 14.3. The molecule has 1 fully saturated rings. The second-order valence-corrected chi connectivity index (χ2v) is 9.91. The van der Waals surface area contributed by atoms with Crippen molar-refractivity contribution in [1.29, 1.82) is 0 Å². The number of ketones is 1. The normalized spacial score (nSPS) is 19.5. The van der Waals surface area contributed by atoms with Gasteiger partial charge in [0.1, 0.15) is 12.1 Å². The summed E-state index contributed by atoms with van der Waals surface area (Å²) < 4.78 is 59.9. The first-order valence-corrected chi connectivity index (χ1v) is 11.3. The van der Waals surface area contributed by atoms with Gasteiger partial charge in [0.05, 0.1) is 13.2 Å². The van der Waals surface area contributed by atoms with Crippen LogP contribution in [-0.4, -0.2) is 85.2 Å². The van der Waals surface area contributed by atoms with Crippen molar-refractivity contribution in [3.8, 4) is 0 Å². The monoisotopic (exact) mass is 526 g/mol. The largest absolute Gasteiger partial charge is 0.453 e. The first-order chi connectivity index (χ1) is 16.3. The molecule has 1 saturated heterocycles. The third kappa shape index (κ3) is 8.94. The molecule has 0 aromatic carbocycles. The van der Waals surface area contributed by atoms with E-state index in [0.29, 0.717) is 6.92 Å². The van der Waals surface area contributed by atoms with Crippen LogP contribution in [-0.2, 0) is 23.9 Å². The Morgan fingerprint density at radius 2 is 1.67 bits per heavy atom. The number of likely N-dealkylation sites (N-methyl/N-ethyl adjacent to an activating group) is 1. The molecule has 14 heteroatoms. The molecule has 0 spiro atoms. The zero-order valence-corrected chi connectivity index (χ0v) is 21.2. The Labute approximate surface area is 206 Å². The number of rotatable bonds is 9. The number of nitrogens with one attached hydrogen (secondary N) is 3. The zero-order valence-electron chi connectivity index (χ0n) is 21.2. The molecule has 0 aromatic heterocycles. The lowest BCUT2D eigenvalue weighted by molar-refractivity contribution is -0.156. The Bertz CT molecular complexity index is 856. The van der Waals surface area contributed by atoms with Gasteiger partial charge in [-0.25, -0.2) is 22.4 Å². The van der Waals surface area contributed by atoms with Crippen LogP contribution in [0.25, 0.3) is 0 Å². The van der Waals surface area contributed by atoms with E-state index in [-0.39, 0.29) is 0 Å². The topological polar surface area (TPSA) is 134 Å². The van der Waals surface area contributed by atoms with E-state index in [1.165, 1.54) is 0 Å². The van der Waals surface area contributed by atoms with Gasteiger partial charge in [-0.3, -0.25) is 19.2 Å². The highest BCUT2D eigenvalue weighted by Crippen LogP contribution is 2.34. The summed E-state index contributed by atoms with van der Waals surface area (Å²) in [6.07, 6.45) is -4.35. The van der Waals surface area contributed by atoms with Crippen molar-refractivity contribution < 1.29 is 46.3 Å². The third-order valence-corrected chi connectivity index (χ3v) is 5.69. The highest BCUT2D eigenvalue weighted by Gasteiger charge is 2.48. The molecule has 1 rings (SSSR count). The Morgan fingerprint density at radius 1 is 1.08 bits per heavy atom. The maximum Gasteiger partial charge on any atom is 0.407 e. The van der Waals surface area contributed by atoms with E-state index in [1.54, 1.807) is 20.8 Å². The first kappa shape index (κ1) is 31.1. The van der Waals surface area contributed by atoms with E-state index < -0.39 is 97.2 Å². The number of nitrogens with zero attached hydrogens (tertiary/aromatic N) is 1. The molecule has 1 heterocycles. The van der Waals surface area contributed by atoms with Crippen molar-refractivity contribution in [3.63, 3.8) is 0 Å². The van der Waals surface area contributed by atoms with Crippen LogP contribution in [0.4, 0.5) is 22.4 Å². The van der Waals surface area contributed by atoms with Gasteiger partial charge in [0, 0.05) is 32.9 Å². The second kappa shape index (κ2) is 11.9. The lowest BCUT2D eigenvalue weighted by atomic mass is 9.84. The third-order valence-electron chi connectivity index (χ3n) is 5.69. The molecule has 0 unspecified atom stereocenters. The number of hydrogen-bond donors (Lipinski definition) is 3.